The first kappa shape index (κ1) is 23.6. The molecule has 0 atom stereocenters. The van der Waals surface area contributed by atoms with Crippen molar-refractivity contribution < 1.29 is 4.74 Å². The molecular weight excluding hydrogens is 474 g/mol. The zero-order valence-corrected chi connectivity index (χ0v) is 21.2. The van der Waals surface area contributed by atoms with Crippen LogP contribution in [-0.2, 0) is 0 Å². The van der Waals surface area contributed by atoms with Gasteiger partial charge in [-0.05, 0) is 61.7 Å². The van der Waals surface area contributed by atoms with E-state index >= 15 is 0 Å². The molecule has 2 aromatic carbocycles. The molecular formula is C27H25N5O3S. The summed E-state index contributed by atoms with van der Waals surface area (Å²) in [4.78, 5) is 29.2. The molecule has 0 saturated carbocycles. The van der Waals surface area contributed by atoms with Crippen LogP contribution < -0.4 is 20.4 Å². The highest BCUT2D eigenvalue weighted by molar-refractivity contribution is 7.15. The Balaban J connectivity index is 1.67. The molecule has 8 nitrogen and oxygen atoms in total. The molecule has 0 spiro atoms. The van der Waals surface area contributed by atoms with Crippen molar-refractivity contribution in [3.05, 3.63) is 96.8 Å². The third-order valence-corrected chi connectivity index (χ3v) is 6.57. The Bertz CT molecular complexity index is 1740. The van der Waals surface area contributed by atoms with Gasteiger partial charge in [-0.2, -0.15) is 19.7 Å². The lowest BCUT2D eigenvalue weighted by molar-refractivity contribution is 0.269. The van der Waals surface area contributed by atoms with Gasteiger partial charge in [-0.1, -0.05) is 43.4 Å². The molecule has 36 heavy (non-hydrogen) atoms. The highest BCUT2D eigenvalue weighted by Gasteiger charge is 2.15. The van der Waals surface area contributed by atoms with Gasteiger partial charge in [0, 0.05) is 17.3 Å². The van der Waals surface area contributed by atoms with Gasteiger partial charge in [0.25, 0.3) is 11.1 Å². The third kappa shape index (κ3) is 4.57. The minimum atomic E-state index is -0.435. The number of benzene rings is 2. The van der Waals surface area contributed by atoms with E-state index in [2.05, 4.69) is 23.9 Å². The largest absolute Gasteiger partial charge is 0.493 e. The zero-order chi connectivity index (χ0) is 25.4. The molecule has 0 amide bonds. The lowest BCUT2D eigenvalue weighted by Gasteiger charge is -2.12. The fraction of sp³-hybridized carbons (Fsp3) is 0.222. The van der Waals surface area contributed by atoms with Gasteiger partial charge in [-0.25, -0.2) is 4.68 Å². The highest BCUT2D eigenvalue weighted by Crippen LogP contribution is 2.29. The van der Waals surface area contributed by atoms with Crippen LogP contribution in [0.3, 0.4) is 0 Å². The van der Waals surface area contributed by atoms with Crippen molar-refractivity contribution in [3.8, 4) is 22.7 Å². The summed E-state index contributed by atoms with van der Waals surface area (Å²) in [5.41, 5.74) is 3.71. The lowest BCUT2D eigenvalue weighted by Crippen LogP contribution is -2.27. The summed E-state index contributed by atoms with van der Waals surface area (Å²) in [6.45, 7) is 8.42. The summed E-state index contributed by atoms with van der Waals surface area (Å²) >= 11 is 1.13. The van der Waals surface area contributed by atoms with Gasteiger partial charge in [0.2, 0.25) is 4.96 Å². The quantitative estimate of drug-likeness (QED) is 0.355. The van der Waals surface area contributed by atoms with Gasteiger partial charge in [0.15, 0.2) is 0 Å². The second-order valence-electron chi connectivity index (χ2n) is 9.01. The van der Waals surface area contributed by atoms with E-state index in [0.29, 0.717) is 17.1 Å². The van der Waals surface area contributed by atoms with Crippen molar-refractivity contribution in [1.29, 1.82) is 0 Å². The molecule has 0 aliphatic carbocycles. The van der Waals surface area contributed by atoms with Gasteiger partial charge in [0.1, 0.15) is 17.1 Å². The molecule has 182 valence electrons. The molecule has 0 aliphatic rings. The Morgan fingerprint density at radius 3 is 2.56 bits per heavy atom. The van der Waals surface area contributed by atoms with Crippen LogP contribution in [-0.4, -0.2) is 31.0 Å². The first-order valence-electron chi connectivity index (χ1n) is 11.6. The number of ether oxygens (including phenoxy) is 1. The van der Waals surface area contributed by atoms with Gasteiger partial charge in [0.05, 0.1) is 16.8 Å². The molecule has 0 bridgehead atoms. The number of aromatic nitrogens is 5. The van der Waals surface area contributed by atoms with Crippen molar-refractivity contribution in [3.63, 3.8) is 0 Å². The summed E-state index contributed by atoms with van der Waals surface area (Å²) in [6, 6.07) is 15.8. The molecule has 0 unspecified atom stereocenters. The van der Waals surface area contributed by atoms with Gasteiger partial charge < -0.3 is 4.74 Å². The van der Waals surface area contributed by atoms with Crippen LogP contribution >= 0.6 is 11.3 Å². The van der Waals surface area contributed by atoms with E-state index in [1.54, 1.807) is 17.7 Å². The molecule has 3 aromatic heterocycles. The van der Waals surface area contributed by atoms with Crippen molar-refractivity contribution in [2.24, 2.45) is 5.92 Å². The summed E-state index contributed by atoms with van der Waals surface area (Å²) in [7, 11) is 0. The smallest absolute Gasteiger partial charge is 0.295 e. The number of thiazole rings is 1. The minimum absolute atomic E-state index is 0.182. The van der Waals surface area contributed by atoms with Crippen molar-refractivity contribution >= 4 is 22.4 Å². The Hall–Kier alpha value is -4.11. The molecule has 5 rings (SSSR count). The number of rotatable bonds is 6. The molecule has 0 aliphatic heterocycles. The first-order valence-corrected chi connectivity index (χ1v) is 12.4. The van der Waals surface area contributed by atoms with Crippen molar-refractivity contribution in [1.82, 2.24) is 24.4 Å². The number of hydrogen-bond donors (Lipinski definition) is 0. The predicted molar refractivity (Wildman–Crippen MR) is 141 cm³/mol. The second-order valence-corrected chi connectivity index (χ2v) is 10.0. The average Bonchev–Trinajstić information content (AvgIpc) is 3.41. The fourth-order valence-electron chi connectivity index (χ4n) is 3.77. The van der Waals surface area contributed by atoms with Crippen molar-refractivity contribution in [2.75, 3.05) is 6.61 Å². The lowest BCUT2D eigenvalue weighted by atomic mass is 10.0. The number of aryl methyl sites for hydroxylation is 2. The molecule has 9 heteroatoms. The maximum Gasteiger partial charge on any atom is 0.295 e. The van der Waals surface area contributed by atoms with Crippen LogP contribution in [0.25, 0.3) is 28.0 Å². The van der Waals surface area contributed by atoms with Crippen LogP contribution in [0.4, 0.5) is 0 Å². The summed E-state index contributed by atoms with van der Waals surface area (Å²) in [5.74, 6) is 1.27. The van der Waals surface area contributed by atoms with Gasteiger partial charge in [-0.3, -0.25) is 9.59 Å². The third-order valence-electron chi connectivity index (χ3n) is 5.61. The van der Waals surface area contributed by atoms with E-state index in [4.69, 9.17) is 9.84 Å². The number of para-hydroxylation sites is 1. The van der Waals surface area contributed by atoms with Crippen LogP contribution in [0.15, 0.2) is 64.3 Å². The van der Waals surface area contributed by atoms with E-state index in [1.807, 2.05) is 61.7 Å². The van der Waals surface area contributed by atoms with E-state index in [1.165, 1.54) is 4.52 Å². The molecule has 0 saturated heterocycles. The topological polar surface area (TPSA) is 91.4 Å². The maximum absolute atomic E-state index is 13.0. The standard InChI is InChI=1S/C27H25N5O3S/c1-16(2)15-35-22-11-10-19(12-17(22)3)24-20(14-31(30-24)21-8-6-5-7-9-21)13-23-26(34)32-27(36-23)28-25(33)18(4)29-32/h5-14,16H,15H2,1-4H3/b23-13-. The minimum Gasteiger partial charge on any atom is -0.493 e. The summed E-state index contributed by atoms with van der Waals surface area (Å²) in [5, 5.41) is 8.97. The van der Waals surface area contributed by atoms with Crippen LogP contribution in [0.1, 0.15) is 30.7 Å². The molecule has 0 N–H and O–H groups in total. The number of nitrogens with zero attached hydrogens (tertiary/aromatic N) is 5. The predicted octanol–water partition coefficient (Wildman–Crippen LogP) is 3.56. The molecule has 5 aromatic rings. The Morgan fingerprint density at radius 1 is 1.06 bits per heavy atom. The van der Waals surface area contributed by atoms with Crippen LogP contribution in [0.2, 0.25) is 0 Å². The summed E-state index contributed by atoms with van der Waals surface area (Å²) in [6.07, 6.45) is 3.67. The van der Waals surface area contributed by atoms with Gasteiger partial charge >= 0.3 is 0 Å². The molecule has 0 radical (unpaired) electrons. The fourth-order valence-corrected chi connectivity index (χ4v) is 4.67. The maximum atomic E-state index is 13.0. The van der Waals surface area contributed by atoms with E-state index in [-0.39, 0.29) is 16.2 Å². The van der Waals surface area contributed by atoms with Gasteiger partial charge in [-0.15, -0.1) is 0 Å². The monoisotopic (exact) mass is 499 g/mol. The average molecular weight is 500 g/mol. The van der Waals surface area contributed by atoms with E-state index in [0.717, 1.165) is 45.2 Å². The zero-order valence-electron chi connectivity index (χ0n) is 20.4. The van der Waals surface area contributed by atoms with E-state index < -0.39 is 5.56 Å². The highest BCUT2D eigenvalue weighted by atomic mass is 32.1. The second kappa shape index (κ2) is 9.50. The Morgan fingerprint density at radius 2 is 1.83 bits per heavy atom. The number of fused-ring (bicyclic) bond motifs is 1. The SMILES string of the molecule is Cc1cc(-c2nn(-c3ccccc3)cc2/C=c2\sc3nc(=O)c(C)nn3c2=O)ccc1OCC(C)C. The summed E-state index contributed by atoms with van der Waals surface area (Å²) < 4.78 is 9.33. The van der Waals surface area contributed by atoms with Crippen molar-refractivity contribution in [2.45, 2.75) is 27.7 Å². The van der Waals surface area contributed by atoms with E-state index in [9.17, 15) is 9.59 Å². The molecule has 0 fully saturated rings. The molecule has 3 heterocycles. The first-order chi connectivity index (χ1) is 17.3. The Labute approximate surface area is 211 Å². The Kier molecular flexibility index (Phi) is 6.24. The normalized spacial score (nSPS) is 12.1. The van der Waals surface area contributed by atoms with Crippen LogP contribution in [0, 0.1) is 19.8 Å². The van der Waals surface area contributed by atoms with Crippen LogP contribution in [0.5, 0.6) is 5.75 Å². The number of hydrogen-bond acceptors (Lipinski definition) is 7.